The number of nitrogens with zero attached hydrogens (tertiary/aromatic N) is 1. The minimum absolute atomic E-state index is 0.00620. The molecule has 0 aromatic heterocycles. The zero-order valence-electron chi connectivity index (χ0n) is 9.84. The molecule has 1 amide bonds. The van der Waals surface area contributed by atoms with Crippen LogP contribution in [0, 0.1) is 5.92 Å². The molecule has 19 heavy (non-hydrogen) atoms. The van der Waals surface area contributed by atoms with Crippen LogP contribution in [0.5, 0.6) is 0 Å². The Kier molecular flexibility index (Phi) is 3.04. The van der Waals surface area contributed by atoms with Gasteiger partial charge in [-0.25, -0.2) is 8.42 Å². The molecular formula is C12H11Cl2NO3S. The van der Waals surface area contributed by atoms with Gasteiger partial charge in [-0.15, -0.1) is 0 Å². The van der Waals surface area contributed by atoms with Crippen LogP contribution in [0.3, 0.4) is 0 Å². The van der Waals surface area contributed by atoms with Crippen LogP contribution in [0.2, 0.25) is 10.0 Å². The van der Waals surface area contributed by atoms with E-state index in [9.17, 15) is 13.2 Å². The van der Waals surface area contributed by atoms with Crippen LogP contribution in [0.25, 0.3) is 0 Å². The van der Waals surface area contributed by atoms with Crippen LogP contribution in [0.1, 0.15) is 6.42 Å². The van der Waals surface area contributed by atoms with Crippen molar-refractivity contribution in [2.24, 2.45) is 5.92 Å². The van der Waals surface area contributed by atoms with E-state index < -0.39 is 9.84 Å². The van der Waals surface area contributed by atoms with Gasteiger partial charge in [-0.1, -0.05) is 29.3 Å². The predicted octanol–water partition coefficient (Wildman–Crippen LogP) is 2.14. The number of hydrogen-bond donors (Lipinski definition) is 0. The van der Waals surface area contributed by atoms with Gasteiger partial charge in [-0.3, -0.25) is 4.79 Å². The van der Waals surface area contributed by atoms with E-state index in [2.05, 4.69) is 0 Å². The largest absolute Gasteiger partial charge is 0.306 e. The Balaban J connectivity index is 2.05. The normalized spacial score (nSPS) is 28.7. The molecule has 4 nitrogen and oxygen atoms in total. The minimum Gasteiger partial charge on any atom is -0.306 e. The van der Waals surface area contributed by atoms with Gasteiger partial charge in [0.25, 0.3) is 0 Å². The van der Waals surface area contributed by atoms with Crippen molar-refractivity contribution in [2.75, 3.05) is 16.4 Å². The maximum Gasteiger partial charge on any atom is 0.227 e. The van der Waals surface area contributed by atoms with Crippen molar-refractivity contribution in [3.05, 3.63) is 28.2 Å². The van der Waals surface area contributed by atoms with Gasteiger partial charge < -0.3 is 4.90 Å². The Morgan fingerprint density at radius 2 is 1.95 bits per heavy atom. The molecule has 0 spiro atoms. The molecule has 2 saturated heterocycles. The molecule has 7 heteroatoms. The summed E-state index contributed by atoms with van der Waals surface area (Å²) in [5.41, 5.74) is 0.503. The van der Waals surface area contributed by atoms with E-state index in [1.54, 1.807) is 18.2 Å². The summed E-state index contributed by atoms with van der Waals surface area (Å²) in [7, 11) is -3.06. The first-order chi connectivity index (χ1) is 8.89. The highest BCUT2D eigenvalue weighted by Crippen LogP contribution is 2.41. The number of sulfone groups is 1. The average molecular weight is 320 g/mol. The molecule has 2 heterocycles. The van der Waals surface area contributed by atoms with Crippen molar-refractivity contribution in [3.63, 3.8) is 0 Å². The molecule has 0 unspecified atom stereocenters. The Bertz CT molecular complexity index is 659. The third-order valence-corrected chi connectivity index (χ3v) is 6.26. The van der Waals surface area contributed by atoms with Crippen molar-refractivity contribution in [1.29, 1.82) is 0 Å². The topological polar surface area (TPSA) is 54.5 Å². The second-order valence-electron chi connectivity index (χ2n) is 4.95. The van der Waals surface area contributed by atoms with Gasteiger partial charge in [0.15, 0.2) is 9.84 Å². The van der Waals surface area contributed by atoms with Crippen LogP contribution in [0.4, 0.5) is 5.69 Å². The molecule has 3 rings (SSSR count). The van der Waals surface area contributed by atoms with Crippen molar-refractivity contribution >= 4 is 44.6 Å². The fraction of sp³-hybridized carbons (Fsp3) is 0.417. The number of halogens is 2. The van der Waals surface area contributed by atoms with Crippen LogP contribution < -0.4 is 4.90 Å². The Labute approximate surface area is 121 Å². The summed E-state index contributed by atoms with van der Waals surface area (Å²) in [6, 6.07) is 4.72. The van der Waals surface area contributed by atoms with E-state index in [4.69, 9.17) is 23.2 Å². The van der Waals surface area contributed by atoms with Gasteiger partial charge in [0.1, 0.15) is 0 Å². The summed E-state index contributed by atoms with van der Waals surface area (Å²) in [5, 5.41) is 0.652. The molecule has 0 radical (unpaired) electrons. The van der Waals surface area contributed by atoms with Gasteiger partial charge in [0.05, 0.1) is 33.3 Å². The average Bonchev–Trinajstić information content (AvgIpc) is 2.73. The second-order valence-corrected chi connectivity index (χ2v) is 7.88. The summed E-state index contributed by atoms with van der Waals surface area (Å²) in [6.07, 6.45) is 0.257. The molecule has 2 aliphatic rings. The first kappa shape index (κ1) is 13.2. The molecule has 1 aromatic carbocycles. The van der Waals surface area contributed by atoms with Crippen molar-refractivity contribution in [1.82, 2.24) is 0 Å². The lowest BCUT2D eigenvalue weighted by Crippen LogP contribution is -2.36. The second kappa shape index (κ2) is 4.36. The van der Waals surface area contributed by atoms with Gasteiger partial charge in [-0.05, 0) is 12.1 Å². The van der Waals surface area contributed by atoms with Crippen molar-refractivity contribution < 1.29 is 13.2 Å². The van der Waals surface area contributed by atoms with Crippen molar-refractivity contribution in [3.8, 4) is 0 Å². The zero-order chi connectivity index (χ0) is 13.8. The van der Waals surface area contributed by atoms with Crippen molar-refractivity contribution in [2.45, 2.75) is 12.5 Å². The summed E-state index contributed by atoms with van der Waals surface area (Å²) >= 11 is 12.1. The highest BCUT2D eigenvalue weighted by atomic mass is 35.5. The number of rotatable bonds is 1. The summed E-state index contributed by atoms with van der Waals surface area (Å²) in [6.45, 7) is 0. The fourth-order valence-corrected chi connectivity index (χ4v) is 5.34. The third kappa shape index (κ3) is 2.14. The van der Waals surface area contributed by atoms with Gasteiger partial charge in [0, 0.05) is 12.3 Å². The van der Waals surface area contributed by atoms with E-state index in [-0.39, 0.29) is 35.8 Å². The van der Waals surface area contributed by atoms with E-state index >= 15 is 0 Å². The van der Waals surface area contributed by atoms with E-state index in [1.165, 1.54) is 4.90 Å². The maximum atomic E-state index is 12.1. The molecule has 2 fully saturated rings. The SMILES string of the molecule is O=C1C[C@@H]2CS(=O)(=O)C[C@H]2N1c1cccc(Cl)c1Cl. The molecule has 0 saturated carbocycles. The lowest BCUT2D eigenvalue weighted by atomic mass is 10.0. The Morgan fingerprint density at radius 1 is 1.21 bits per heavy atom. The highest BCUT2D eigenvalue weighted by Gasteiger charge is 2.49. The molecular weight excluding hydrogens is 309 g/mol. The standard InChI is InChI=1S/C12H11Cl2NO3S/c13-8-2-1-3-9(12(8)14)15-10-6-19(17,18)5-7(10)4-11(15)16/h1-3,7,10H,4-6H2/t7-,10-/m1/s1. The first-order valence-corrected chi connectivity index (χ1v) is 8.43. The number of amides is 1. The van der Waals surface area contributed by atoms with E-state index in [0.29, 0.717) is 15.7 Å². The molecule has 2 aliphatic heterocycles. The quantitative estimate of drug-likeness (QED) is 0.797. The number of carbonyl (C=O) groups is 1. The summed E-state index contributed by atoms with van der Waals surface area (Å²) in [4.78, 5) is 13.6. The van der Waals surface area contributed by atoms with Crippen LogP contribution >= 0.6 is 23.2 Å². The molecule has 1 aromatic rings. The molecule has 0 bridgehead atoms. The van der Waals surface area contributed by atoms with E-state index in [0.717, 1.165) is 0 Å². The van der Waals surface area contributed by atoms with Crippen LogP contribution in [-0.2, 0) is 14.6 Å². The zero-order valence-corrected chi connectivity index (χ0v) is 12.2. The minimum atomic E-state index is -3.06. The van der Waals surface area contributed by atoms with Gasteiger partial charge in [0.2, 0.25) is 5.91 Å². The Hall–Kier alpha value is -0.780. The van der Waals surface area contributed by atoms with Gasteiger partial charge in [-0.2, -0.15) is 0 Å². The van der Waals surface area contributed by atoms with Crippen LogP contribution in [0.15, 0.2) is 18.2 Å². The lowest BCUT2D eigenvalue weighted by molar-refractivity contribution is -0.117. The molecule has 2 atom stereocenters. The molecule has 0 N–H and O–H groups in total. The maximum absolute atomic E-state index is 12.1. The number of carbonyl (C=O) groups excluding carboxylic acids is 1. The number of anilines is 1. The molecule has 0 aliphatic carbocycles. The predicted molar refractivity (Wildman–Crippen MR) is 74.5 cm³/mol. The highest BCUT2D eigenvalue weighted by molar-refractivity contribution is 7.91. The van der Waals surface area contributed by atoms with E-state index in [1.807, 2.05) is 0 Å². The fourth-order valence-electron chi connectivity index (χ4n) is 2.88. The monoisotopic (exact) mass is 319 g/mol. The smallest absolute Gasteiger partial charge is 0.227 e. The number of fused-ring (bicyclic) bond motifs is 1. The summed E-state index contributed by atoms with van der Waals surface area (Å²) in [5.74, 6) is -0.133. The number of hydrogen-bond acceptors (Lipinski definition) is 3. The first-order valence-electron chi connectivity index (χ1n) is 5.85. The van der Waals surface area contributed by atoms with Crippen LogP contribution in [-0.4, -0.2) is 31.9 Å². The number of benzene rings is 1. The third-order valence-electron chi connectivity index (χ3n) is 3.66. The molecule has 102 valence electrons. The van der Waals surface area contributed by atoms with Gasteiger partial charge >= 0.3 is 0 Å². The summed E-state index contributed by atoms with van der Waals surface area (Å²) < 4.78 is 23.4. The Morgan fingerprint density at radius 3 is 2.68 bits per heavy atom. The lowest BCUT2D eigenvalue weighted by Gasteiger charge is -2.24.